The van der Waals surface area contributed by atoms with Crippen molar-refractivity contribution in [2.24, 2.45) is 0 Å². The summed E-state index contributed by atoms with van der Waals surface area (Å²) in [6.07, 6.45) is 0.744. The minimum absolute atomic E-state index is 0.234. The van der Waals surface area contributed by atoms with Crippen LogP contribution in [0.3, 0.4) is 0 Å². The summed E-state index contributed by atoms with van der Waals surface area (Å²) in [6.45, 7) is 1.85. The number of carbonyl (C=O) groups excluding carboxylic acids is 1. The SMILES string of the molecule is CC(=O)OCCc1cccc(S)c1. The minimum Gasteiger partial charge on any atom is -0.466 e. The lowest BCUT2D eigenvalue weighted by molar-refractivity contribution is -0.140. The monoisotopic (exact) mass is 196 g/mol. The first kappa shape index (κ1) is 10.1. The topological polar surface area (TPSA) is 26.3 Å². The summed E-state index contributed by atoms with van der Waals surface area (Å²) >= 11 is 4.21. The van der Waals surface area contributed by atoms with Crippen LogP contribution in [-0.4, -0.2) is 12.6 Å². The van der Waals surface area contributed by atoms with Crippen molar-refractivity contribution in [3.05, 3.63) is 29.8 Å². The largest absolute Gasteiger partial charge is 0.466 e. The molecule has 0 radical (unpaired) electrons. The summed E-state index contributed by atoms with van der Waals surface area (Å²) in [5.74, 6) is -0.234. The fraction of sp³-hybridized carbons (Fsp3) is 0.300. The van der Waals surface area contributed by atoms with Crippen LogP contribution in [0.5, 0.6) is 0 Å². The Bertz CT molecular complexity index is 297. The molecule has 0 aliphatic rings. The molecule has 0 spiro atoms. The van der Waals surface area contributed by atoms with Crippen LogP contribution in [0.2, 0.25) is 0 Å². The van der Waals surface area contributed by atoms with Crippen molar-refractivity contribution in [2.75, 3.05) is 6.61 Å². The average Bonchev–Trinajstić information content (AvgIpc) is 2.03. The summed E-state index contributed by atoms with van der Waals surface area (Å²) in [5, 5.41) is 0. The highest BCUT2D eigenvalue weighted by Gasteiger charge is 1.95. The van der Waals surface area contributed by atoms with Gasteiger partial charge in [0, 0.05) is 18.2 Å². The van der Waals surface area contributed by atoms with E-state index in [2.05, 4.69) is 12.6 Å². The first-order chi connectivity index (χ1) is 6.18. The van der Waals surface area contributed by atoms with E-state index in [1.807, 2.05) is 24.3 Å². The predicted molar refractivity (Wildman–Crippen MR) is 54.0 cm³/mol. The molecule has 0 N–H and O–H groups in total. The molecule has 0 unspecified atom stereocenters. The maximum Gasteiger partial charge on any atom is 0.302 e. The zero-order valence-corrected chi connectivity index (χ0v) is 8.38. The highest BCUT2D eigenvalue weighted by atomic mass is 32.1. The van der Waals surface area contributed by atoms with Crippen LogP contribution in [0, 0.1) is 0 Å². The molecule has 0 amide bonds. The van der Waals surface area contributed by atoms with Gasteiger partial charge in [-0.3, -0.25) is 4.79 Å². The Kier molecular flexibility index (Phi) is 3.83. The molecule has 1 aromatic carbocycles. The van der Waals surface area contributed by atoms with E-state index in [9.17, 15) is 4.79 Å². The third kappa shape index (κ3) is 3.99. The third-order valence-corrected chi connectivity index (χ3v) is 1.88. The average molecular weight is 196 g/mol. The lowest BCUT2D eigenvalue weighted by Crippen LogP contribution is -2.03. The molecule has 13 heavy (non-hydrogen) atoms. The molecule has 0 heterocycles. The molecule has 3 heteroatoms. The fourth-order valence-corrected chi connectivity index (χ4v) is 1.28. The van der Waals surface area contributed by atoms with Crippen LogP contribution >= 0.6 is 12.6 Å². The molecule has 1 aromatic rings. The fourth-order valence-electron chi connectivity index (χ4n) is 1.02. The smallest absolute Gasteiger partial charge is 0.302 e. The third-order valence-electron chi connectivity index (χ3n) is 1.61. The summed E-state index contributed by atoms with van der Waals surface area (Å²) in [6, 6.07) is 7.81. The van der Waals surface area contributed by atoms with Gasteiger partial charge in [0.15, 0.2) is 0 Å². The molecule has 2 nitrogen and oxygen atoms in total. The Morgan fingerprint density at radius 1 is 1.54 bits per heavy atom. The zero-order chi connectivity index (χ0) is 9.68. The minimum atomic E-state index is -0.234. The molecule has 0 saturated carbocycles. The van der Waals surface area contributed by atoms with Crippen molar-refractivity contribution < 1.29 is 9.53 Å². The summed E-state index contributed by atoms with van der Waals surface area (Å²) in [5.41, 5.74) is 1.13. The maximum absolute atomic E-state index is 10.5. The molecule has 0 fully saturated rings. The quantitative estimate of drug-likeness (QED) is 0.591. The molecule has 70 valence electrons. The van der Waals surface area contributed by atoms with Crippen molar-refractivity contribution in [1.82, 2.24) is 0 Å². The van der Waals surface area contributed by atoms with Gasteiger partial charge in [-0.15, -0.1) is 12.6 Å². The van der Waals surface area contributed by atoms with E-state index in [1.165, 1.54) is 6.92 Å². The Labute approximate surface area is 83.3 Å². The number of rotatable bonds is 3. The second-order valence-corrected chi connectivity index (χ2v) is 3.28. The Morgan fingerprint density at radius 2 is 2.31 bits per heavy atom. The van der Waals surface area contributed by atoms with Crippen molar-refractivity contribution >= 4 is 18.6 Å². The molecule has 0 aromatic heterocycles. The molecule has 0 aliphatic heterocycles. The van der Waals surface area contributed by atoms with Gasteiger partial charge in [-0.2, -0.15) is 0 Å². The number of thiol groups is 1. The lowest BCUT2D eigenvalue weighted by Gasteiger charge is -2.02. The van der Waals surface area contributed by atoms with E-state index < -0.39 is 0 Å². The number of hydrogen-bond donors (Lipinski definition) is 1. The summed E-state index contributed by atoms with van der Waals surface area (Å²) in [7, 11) is 0. The van der Waals surface area contributed by atoms with E-state index in [4.69, 9.17) is 4.74 Å². The van der Waals surface area contributed by atoms with Crippen LogP contribution in [0.15, 0.2) is 29.2 Å². The molecule has 0 saturated heterocycles. The van der Waals surface area contributed by atoms with E-state index >= 15 is 0 Å². The highest BCUT2D eigenvalue weighted by molar-refractivity contribution is 7.80. The highest BCUT2D eigenvalue weighted by Crippen LogP contribution is 2.09. The van der Waals surface area contributed by atoms with Crippen molar-refractivity contribution in [3.63, 3.8) is 0 Å². The maximum atomic E-state index is 10.5. The van der Waals surface area contributed by atoms with Gasteiger partial charge in [-0.25, -0.2) is 0 Å². The van der Waals surface area contributed by atoms with Crippen molar-refractivity contribution in [3.8, 4) is 0 Å². The van der Waals surface area contributed by atoms with E-state index in [0.29, 0.717) is 6.61 Å². The first-order valence-electron chi connectivity index (χ1n) is 4.10. The molecular formula is C10H12O2S. The summed E-state index contributed by atoms with van der Waals surface area (Å²) < 4.78 is 4.82. The molecule has 0 aliphatic carbocycles. The van der Waals surface area contributed by atoms with Gasteiger partial charge < -0.3 is 4.74 Å². The van der Waals surface area contributed by atoms with Gasteiger partial charge in [-0.1, -0.05) is 12.1 Å². The number of ether oxygens (including phenoxy) is 1. The number of carbonyl (C=O) groups is 1. The van der Waals surface area contributed by atoms with E-state index in [-0.39, 0.29) is 5.97 Å². The normalized spacial score (nSPS) is 9.69. The molecular weight excluding hydrogens is 184 g/mol. The van der Waals surface area contributed by atoms with Gasteiger partial charge >= 0.3 is 5.97 Å². The van der Waals surface area contributed by atoms with Gasteiger partial charge in [0.25, 0.3) is 0 Å². The number of esters is 1. The van der Waals surface area contributed by atoms with Crippen LogP contribution in [0.1, 0.15) is 12.5 Å². The number of benzene rings is 1. The number of hydrogen-bond acceptors (Lipinski definition) is 3. The van der Waals surface area contributed by atoms with E-state index in [0.717, 1.165) is 16.9 Å². The molecule has 1 rings (SSSR count). The Hall–Kier alpha value is -0.960. The van der Waals surface area contributed by atoms with Crippen LogP contribution in [-0.2, 0) is 16.0 Å². The molecule has 0 bridgehead atoms. The Morgan fingerprint density at radius 3 is 2.92 bits per heavy atom. The predicted octanol–water partition coefficient (Wildman–Crippen LogP) is 2.08. The van der Waals surface area contributed by atoms with Gasteiger partial charge in [0.05, 0.1) is 6.61 Å². The Balaban J connectivity index is 2.41. The van der Waals surface area contributed by atoms with Gasteiger partial charge in [0.2, 0.25) is 0 Å². The summed E-state index contributed by atoms with van der Waals surface area (Å²) in [4.78, 5) is 11.4. The van der Waals surface area contributed by atoms with Crippen molar-refractivity contribution in [2.45, 2.75) is 18.2 Å². The van der Waals surface area contributed by atoms with Crippen LogP contribution in [0.25, 0.3) is 0 Å². The molecule has 0 atom stereocenters. The van der Waals surface area contributed by atoms with E-state index in [1.54, 1.807) is 0 Å². The second kappa shape index (κ2) is 4.92. The zero-order valence-electron chi connectivity index (χ0n) is 7.49. The van der Waals surface area contributed by atoms with Crippen molar-refractivity contribution in [1.29, 1.82) is 0 Å². The first-order valence-corrected chi connectivity index (χ1v) is 4.54. The standard InChI is InChI=1S/C10H12O2S/c1-8(11)12-6-5-9-3-2-4-10(13)7-9/h2-4,7,13H,5-6H2,1H3. The second-order valence-electron chi connectivity index (χ2n) is 2.76. The van der Waals surface area contributed by atoms with Gasteiger partial charge in [0.1, 0.15) is 0 Å². The van der Waals surface area contributed by atoms with Crippen LogP contribution < -0.4 is 0 Å². The lowest BCUT2D eigenvalue weighted by atomic mass is 10.2. The van der Waals surface area contributed by atoms with Gasteiger partial charge in [-0.05, 0) is 17.7 Å². The van der Waals surface area contributed by atoms with Crippen LogP contribution in [0.4, 0.5) is 0 Å².